The number of anilines is 1. The number of aliphatic imine (C=N–C) groups is 1. The van der Waals surface area contributed by atoms with Gasteiger partial charge in [0.1, 0.15) is 11.4 Å². The number of methoxy groups -OCH3 is 1. The summed E-state index contributed by atoms with van der Waals surface area (Å²) >= 11 is 1.03. The zero-order valence-corrected chi connectivity index (χ0v) is 16.6. The molecule has 7 heteroatoms. The Balaban J connectivity index is 1.99. The number of aryl methyl sites for hydroxylation is 2. The number of rotatable bonds is 5. The molecule has 0 fully saturated rings. The first kappa shape index (κ1) is 19.7. The molecule has 0 spiro atoms. The van der Waals surface area contributed by atoms with Crippen molar-refractivity contribution >= 4 is 40.6 Å². The number of carboxylic acid groups (broad SMARTS) is 1. The summed E-state index contributed by atoms with van der Waals surface area (Å²) in [6.07, 6.45) is 1.69. The number of thioether (sulfide) groups is 1. The molecule has 0 saturated heterocycles. The zero-order chi connectivity index (χ0) is 20.3. The van der Waals surface area contributed by atoms with Gasteiger partial charge in [-0.3, -0.25) is 14.5 Å². The van der Waals surface area contributed by atoms with Crippen LogP contribution in [-0.2, 0) is 9.59 Å². The Kier molecular flexibility index (Phi) is 5.84. The van der Waals surface area contributed by atoms with Crippen molar-refractivity contribution in [1.29, 1.82) is 0 Å². The second kappa shape index (κ2) is 8.31. The van der Waals surface area contributed by atoms with E-state index in [1.807, 2.05) is 44.2 Å². The average Bonchev–Trinajstić information content (AvgIpc) is 2.95. The Labute approximate surface area is 167 Å². The van der Waals surface area contributed by atoms with E-state index in [9.17, 15) is 9.59 Å². The molecule has 3 rings (SSSR count). The maximum absolute atomic E-state index is 13.1. The van der Waals surface area contributed by atoms with E-state index in [-0.39, 0.29) is 17.4 Å². The Hall–Kier alpha value is -3.06. The van der Waals surface area contributed by atoms with Crippen LogP contribution in [0.3, 0.4) is 0 Å². The number of nitrogens with zero attached hydrogens (tertiary/aromatic N) is 2. The molecule has 2 aromatic carbocycles. The van der Waals surface area contributed by atoms with Crippen molar-refractivity contribution < 1.29 is 19.4 Å². The number of ether oxygens (including phenoxy) is 1. The van der Waals surface area contributed by atoms with Crippen molar-refractivity contribution in [3.05, 3.63) is 64.9 Å². The van der Waals surface area contributed by atoms with Crippen LogP contribution in [-0.4, -0.2) is 35.0 Å². The lowest BCUT2D eigenvalue weighted by molar-refractivity contribution is -0.133. The molecular formula is C21H20N2O4S. The van der Waals surface area contributed by atoms with Crippen LogP contribution >= 0.6 is 11.8 Å². The fourth-order valence-electron chi connectivity index (χ4n) is 2.88. The van der Waals surface area contributed by atoms with Crippen molar-refractivity contribution in [2.75, 3.05) is 17.8 Å². The second-order valence-electron chi connectivity index (χ2n) is 6.37. The summed E-state index contributed by atoms with van der Waals surface area (Å²) in [4.78, 5) is 30.0. The number of hydrogen-bond acceptors (Lipinski definition) is 5. The second-order valence-corrected chi connectivity index (χ2v) is 7.31. The van der Waals surface area contributed by atoms with Gasteiger partial charge in [-0.2, -0.15) is 0 Å². The Morgan fingerprint density at radius 1 is 1.18 bits per heavy atom. The molecule has 1 aliphatic heterocycles. The lowest BCUT2D eigenvalue weighted by atomic mass is 10.1. The summed E-state index contributed by atoms with van der Waals surface area (Å²) in [5, 5.41) is 9.39. The van der Waals surface area contributed by atoms with Gasteiger partial charge < -0.3 is 9.84 Å². The summed E-state index contributed by atoms with van der Waals surface area (Å²) in [5.74, 6) is -0.705. The molecule has 1 N–H and O–H groups in total. The molecule has 0 radical (unpaired) electrons. The van der Waals surface area contributed by atoms with Gasteiger partial charge >= 0.3 is 5.97 Å². The molecule has 1 aliphatic rings. The van der Waals surface area contributed by atoms with E-state index >= 15 is 0 Å². The highest BCUT2D eigenvalue weighted by Gasteiger charge is 2.32. The minimum atomic E-state index is -0.965. The summed E-state index contributed by atoms with van der Waals surface area (Å²) in [5.41, 5.74) is 3.77. The molecule has 6 nitrogen and oxygen atoms in total. The van der Waals surface area contributed by atoms with Crippen molar-refractivity contribution in [1.82, 2.24) is 0 Å². The number of carbonyl (C=O) groups is 2. The Morgan fingerprint density at radius 3 is 2.39 bits per heavy atom. The Morgan fingerprint density at radius 2 is 1.82 bits per heavy atom. The first-order valence-electron chi connectivity index (χ1n) is 8.59. The SMILES string of the molecule is COc1ccc(/C=C2\N=C(SCC(=O)O)N(c3cc(C)cc(C)c3)C2=O)cc1. The van der Waals surface area contributed by atoms with Gasteiger partial charge in [-0.1, -0.05) is 30.0 Å². The molecule has 1 amide bonds. The van der Waals surface area contributed by atoms with Crippen LogP contribution in [0.5, 0.6) is 5.75 Å². The van der Waals surface area contributed by atoms with Crippen LogP contribution in [0.15, 0.2) is 53.2 Å². The Bertz CT molecular complexity index is 960. The summed E-state index contributed by atoms with van der Waals surface area (Å²) < 4.78 is 5.15. The number of amidine groups is 1. The molecular weight excluding hydrogens is 376 g/mol. The van der Waals surface area contributed by atoms with Gasteiger partial charge in [0.05, 0.1) is 18.6 Å². The highest BCUT2D eigenvalue weighted by molar-refractivity contribution is 8.14. The van der Waals surface area contributed by atoms with Gasteiger partial charge in [-0.15, -0.1) is 0 Å². The maximum atomic E-state index is 13.1. The molecule has 0 saturated carbocycles. The predicted octanol–water partition coefficient (Wildman–Crippen LogP) is 3.87. The van der Waals surface area contributed by atoms with Crippen LogP contribution in [0.2, 0.25) is 0 Å². The third-order valence-corrected chi connectivity index (χ3v) is 4.96. The molecule has 2 aromatic rings. The van der Waals surface area contributed by atoms with Crippen LogP contribution < -0.4 is 9.64 Å². The number of carbonyl (C=O) groups excluding carboxylic acids is 1. The van der Waals surface area contributed by atoms with Gasteiger partial charge in [-0.05, 0) is 60.9 Å². The average molecular weight is 396 g/mol. The van der Waals surface area contributed by atoms with E-state index in [0.717, 1.165) is 34.2 Å². The van der Waals surface area contributed by atoms with E-state index in [0.29, 0.717) is 10.9 Å². The largest absolute Gasteiger partial charge is 0.497 e. The van der Waals surface area contributed by atoms with Gasteiger partial charge in [0, 0.05) is 0 Å². The topological polar surface area (TPSA) is 79.2 Å². The first-order valence-corrected chi connectivity index (χ1v) is 9.57. The first-order chi connectivity index (χ1) is 13.4. The third kappa shape index (κ3) is 4.43. The van der Waals surface area contributed by atoms with Crippen molar-refractivity contribution in [3.8, 4) is 5.75 Å². The molecule has 1 heterocycles. The van der Waals surface area contributed by atoms with E-state index in [1.54, 1.807) is 25.3 Å². The zero-order valence-electron chi connectivity index (χ0n) is 15.8. The van der Waals surface area contributed by atoms with Crippen molar-refractivity contribution in [2.45, 2.75) is 13.8 Å². The predicted molar refractivity (Wildman–Crippen MR) is 112 cm³/mol. The minimum absolute atomic E-state index is 0.177. The molecule has 0 aliphatic carbocycles. The van der Waals surface area contributed by atoms with Gasteiger partial charge in [0.2, 0.25) is 0 Å². The number of hydrogen-bond donors (Lipinski definition) is 1. The smallest absolute Gasteiger partial charge is 0.313 e. The van der Waals surface area contributed by atoms with Crippen LogP contribution in [0.1, 0.15) is 16.7 Å². The monoisotopic (exact) mass is 396 g/mol. The van der Waals surface area contributed by atoms with E-state index in [1.165, 1.54) is 4.90 Å². The van der Waals surface area contributed by atoms with Gasteiger partial charge in [-0.25, -0.2) is 4.99 Å². The van der Waals surface area contributed by atoms with Crippen LogP contribution in [0.4, 0.5) is 5.69 Å². The number of aliphatic carboxylic acids is 1. The maximum Gasteiger partial charge on any atom is 0.313 e. The highest BCUT2D eigenvalue weighted by Crippen LogP contribution is 2.30. The normalized spacial score (nSPS) is 15.1. The molecule has 0 bridgehead atoms. The highest BCUT2D eigenvalue weighted by atomic mass is 32.2. The number of benzene rings is 2. The van der Waals surface area contributed by atoms with Crippen LogP contribution in [0, 0.1) is 13.8 Å². The molecule has 0 atom stereocenters. The fourth-order valence-corrected chi connectivity index (χ4v) is 3.62. The molecule has 144 valence electrons. The summed E-state index contributed by atoms with van der Waals surface area (Å²) in [6.45, 7) is 3.90. The molecule has 28 heavy (non-hydrogen) atoms. The number of carboxylic acids is 1. The minimum Gasteiger partial charge on any atom is -0.497 e. The van der Waals surface area contributed by atoms with Crippen LogP contribution in [0.25, 0.3) is 6.08 Å². The van der Waals surface area contributed by atoms with Gasteiger partial charge in [0.25, 0.3) is 5.91 Å². The quantitative estimate of drug-likeness (QED) is 0.776. The number of amides is 1. The lowest BCUT2D eigenvalue weighted by Crippen LogP contribution is -2.31. The molecule has 0 aromatic heterocycles. The summed E-state index contributed by atoms with van der Waals surface area (Å²) in [7, 11) is 1.59. The fraction of sp³-hybridized carbons (Fsp3) is 0.190. The standard InChI is InChI=1S/C21H20N2O4S/c1-13-8-14(2)10-16(9-13)23-20(26)18(22-21(23)28-12-19(24)25)11-15-4-6-17(27-3)7-5-15/h4-11H,12H2,1-3H3,(H,24,25)/b18-11-. The third-order valence-electron chi connectivity index (χ3n) is 4.04. The van der Waals surface area contributed by atoms with Gasteiger partial charge in [0.15, 0.2) is 5.17 Å². The van der Waals surface area contributed by atoms with Crippen molar-refractivity contribution in [3.63, 3.8) is 0 Å². The van der Waals surface area contributed by atoms with E-state index < -0.39 is 5.97 Å². The molecule has 0 unspecified atom stereocenters. The van der Waals surface area contributed by atoms with Crippen molar-refractivity contribution in [2.24, 2.45) is 4.99 Å². The lowest BCUT2D eigenvalue weighted by Gasteiger charge is -2.18. The van der Waals surface area contributed by atoms with E-state index in [2.05, 4.69) is 4.99 Å². The summed E-state index contributed by atoms with van der Waals surface area (Å²) in [6, 6.07) is 13.1. The van der Waals surface area contributed by atoms with E-state index in [4.69, 9.17) is 9.84 Å².